The van der Waals surface area contributed by atoms with E-state index in [2.05, 4.69) is 48.5 Å². The lowest BCUT2D eigenvalue weighted by Crippen LogP contribution is -2.27. The molecule has 0 radical (unpaired) electrons. The fourth-order valence-corrected chi connectivity index (χ4v) is 2.16. The third kappa shape index (κ3) is 6.10. The molecule has 5 nitrogen and oxygen atoms in total. The zero-order valence-corrected chi connectivity index (χ0v) is 15.8. The van der Waals surface area contributed by atoms with Gasteiger partial charge in [0.15, 0.2) is 0 Å². The Bertz CT molecular complexity index is 709. The molecule has 0 saturated carbocycles. The predicted molar refractivity (Wildman–Crippen MR) is 103 cm³/mol. The standard InChI is InChI=1S/C20H27N3O2/c1-19(2,3)14-7-9-15(10-8-14)22-17-12-11-16(13-21-17)23-18(24)25-20(4,5)6/h7-13H,1-6H3,(H,21,22)(H,23,24). The molecule has 2 rings (SSSR count). The number of pyridine rings is 1. The van der Waals surface area contributed by atoms with Crippen LogP contribution in [0.3, 0.4) is 0 Å². The number of nitrogens with zero attached hydrogens (tertiary/aromatic N) is 1. The van der Waals surface area contributed by atoms with E-state index >= 15 is 0 Å². The van der Waals surface area contributed by atoms with Gasteiger partial charge in [-0.1, -0.05) is 32.9 Å². The van der Waals surface area contributed by atoms with Crippen molar-refractivity contribution in [3.63, 3.8) is 0 Å². The number of carbonyl (C=O) groups excluding carboxylic acids is 1. The van der Waals surface area contributed by atoms with Gasteiger partial charge in [0.25, 0.3) is 0 Å². The summed E-state index contributed by atoms with van der Waals surface area (Å²) in [6, 6.07) is 11.9. The van der Waals surface area contributed by atoms with E-state index in [0.29, 0.717) is 11.5 Å². The van der Waals surface area contributed by atoms with Gasteiger partial charge in [-0.2, -0.15) is 0 Å². The van der Waals surface area contributed by atoms with E-state index in [1.54, 1.807) is 12.3 Å². The van der Waals surface area contributed by atoms with Crippen molar-refractivity contribution in [2.24, 2.45) is 0 Å². The van der Waals surface area contributed by atoms with Crippen molar-refractivity contribution in [1.82, 2.24) is 4.98 Å². The van der Waals surface area contributed by atoms with Gasteiger partial charge in [0, 0.05) is 5.69 Å². The first-order valence-electron chi connectivity index (χ1n) is 8.36. The minimum atomic E-state index is -0.530. The number of nitrogens with one attached hydrogen (secondary N) is 2. The second-order valence-electron chi connectivity index (χ2n) is 8.01. The molecule has 5 heteroatoms. The molecular formula is C20H27N3O2. The Hall–Kier alpha value is -2.56. The van der Waals surface area contributed by atoms with Crippen molar-refractivity contribution in [2.75, 3.05) is 10.6 Å². The number of rotatable bonds is 3. The highest BCUT2D eigenvalue weighted by atomic mass is 16.6. The number of benzene rings is 1. The summed E-state index contributed by atoms with van der Waals surface area (Å²) in [4.78, 5) is 16.1. The predicted octanol–water partition coefficient (Wildman–Crippen LogP) is 5.47. The molecule has 134 valence electrons. The van der Waals surface area contributed by atoms with Crippen molar-refractivity contribution in [1.29, 1.82) is 0 Å². The van der Waals surface area contributed by atoms with E-state index in [0.717, 1.165) is 5.69 Å². The number of anilines is 3. The highest BCUT2D eigenvalue weighted by Gasteiger charge is 2.16. The van der Waals surface area contributed by atoms with Crippen LogP contribution in [-0.4, -0.2) is 16.7 Å². The minimum Gasteiger partial charge on any atom is -0.444 e. The average Bonchev–Trinajstić information content (AvgIpc) is 2.47. The molecule has 1 aromatic heterocycles. The topological polar surface area (TPSA) is 63.2 Å². The lowest BCUT2D eigenvalue weighted by Gasteiger charge is -2.20. The number of amides is 1. The molecule has 25 heavy (non-hydrogen) atoms. The van der Waals surface area contributed by atoms with Gasteiger partial charge in [0.1, 0.15) is 11.4 Å². The number of hydrogen-bond acceptors (Lipinski definition) is 4. The van der Waals surface area contributed by atoms with Gasteiger partial charge < -0.3 is 10.1 Å². The Labute approximate surface area is 149 Å². The summed E-state index contributed by atoms with van der Waals surface area (Å²) in [6.07, 6.45) is 1.10. The van der Waals surface area contributed by atoms with E-state index in [1.165, 1.54) is 5.56 Å². The van der Waals surface area contributed by atoms with Crippen LogP contribution in [0.1, 0.15) is 47.1 Å². The molecule has 0 aliphatic carbocycles. The monoisotopic (exact) mass is 341 g/mol. The van der Waals surface area contributed by atoms with Crippen LogP contribution >= 0.6 is 0 Å². The molecule has 1 aromatic carbocycles. The Morgan fingerprint density at radius 1 is 0.920 bits per heavy atom. The van der Waals surface area contributed by atoms with Gasteiger partial charge in [-0.25, -0.2) is 9.78 Å². The third-order valence-electron chi connectivity index (χ3n) is 3.43. The van der Waals surface area contributed by atoms with Crippen LogP contribution in [0, 0.1) is 0 Å². The average molecular weight is 341 g/mol. The number of ether oxygens (including phenoxy) is 1. The Morgan fingerprint density at radius 2 is 1.52 bits per heavy atom. The Kier molecular flexibility index (Phi) is 5.36. The zero-order chi connectivity index (χ0) is 18.7. The van der Waals surface area contributed by atoms with Gasteiger partial charge in [-0.3, -0.25) is 5.32 Å². The van der Waals surface area contributed by atoms with Crippen molar-refractivity contribution in [2.45, 2.75) is 52.6 Å². The first-order valence-corrected chi connectivity index (χ1v) is 8.36. The summed E-state index contributed by atoms with van der Waals surface area (Å²) in [5, 5.41) is 5.91. The number of aromatic nitrogens is 1. The highest BCUT2D eigenvalue weighted by Crippen LogP contribution is 2.24. The van der Waals surface area contributed by atoms with Crippen LogP contribution in [0.5, 0.6) is 0 Å². The molecule has 1 heterocycles. The van der Waals surface area contributed by atoms with Crippen molar-refractivity contribution < 1.29 is 9.53 Å². The maximum atomic E-state index is 11.7. The summed E-state index contributed by atoms with van der Waals surface area (Å²) >= 11 is 0. The first-order chi connectivity index (χ1) is 11.5. The van der Waals surface area contributed by atoms with E-state index in [1.807, 2.05) is 39.0 Å². The van der Waals surface area contributed by atoms with Crippen LogP contribution < -0.4 is 10.6 Å². The second kappa shape index (κ2) is 7.13. The van der Waals surface area contributed by atoms with Crippen LogP contribution in [0.15, 0.2) is 42.6 Å². The molecule has 2 aromatic rings. The van der Waals surface area contributed by atoms with E-state index in [9.17, 15) is 4.79 Å². The van der Waals surface area contributed by atoms with Gasteiger partial charge in [-0.15, -0.1) is 0 Å². The summed E-state index contributed by atoms with van der Waals surface area (Å²) in [5.41, 5.74) is 2.43. The van der Waals surface area contributed by atoms with Crippen LogP contribution in [0.4, 0.5) is 22.0 Å². The van der Waals surface area contributed by atoms with Crippen LogP contribution in [0.2, 0.25) is 0 Å². The lowest BCUT2D eigenvalue weighted by molar-refractivity contribution is 0.0636. The third-order valence-corrected chi connectivity index (χ3v) is 3.43. The zero-order valence-electron chi connectivity index (χ0n) is 15.8. The molecule has 0 aliphatic heterocycles. The smallest absolute Gasteiger partial charge is 0.412 e. The van der Waals surface area contributed by atoms with Crippen molar-refractivity contribution in [3.05, 3.63) is 48.2 Å². The molecule has 0 aliphatic rings. The molecule has 0 spiro atoms. The molecule has 0 bridgehead atoms. The van der Waals surface area contributed by atoms with Crippen LogP contribution in [-0.2, 0) is 10.2 Å². The van der Waals surface area contributed by atoms with Gasteiger partial charge >= 0.3 is 6.09 Å². The van der Waals surface area contributed by atoms with Crippen molar-refractivity contribution >= 4 is 23.3 Å². The lowest BCUT2D eigenvalue weighted by atomic mass is 9.87. The molecule has 0 atom stereocenters. The molecular weight excluding hydrogens is 314 g/mol. The van der Waals surface area contributed by atoms with Gasteiger partial charge in [0.05, 0.1) is 11.9 Å². The highest BCUT2D eigenvalue weighted by molar-refractivity contribution is 5.84. The molecule has 0 fully saturated rings. The quantitative estimate of drug-likeness (QED) is 0.777. The normalized spacial score (nSPS) is 11.8. The number of carbonyl (C=O) groups is 1. The fraction of sp³-hybridized carbons (Fsp3) is 0.400. The maximum absolute atomic E-state index is 11.7. The van der Waals surface area contributed by atoms with E-state index < -0.39 is 11.7 Å². The molecule has 0 saturated heterocycles. The Balaban J connectivity index is 1.97. The maximum Gasteiger partial charge on any atom is 0.412 e. The molecule has 2 N–H and O–H groups in total. The largest absolute Gasteiger partial charge is 0.444 e. The second-order valence-corrected chi connectivity index (χ2v) is 8.01. The SMILES string of the molecule is CC(C)(C)OC(=O)Nc1ccc(Nc2ccc(C(C)(C)C)cc2)nc1. The summed E-state index contributed by atoms with van der Waals surface area (Å²) in [6.45, 7) is 12.0. The summed E-state index contributed by atoms with van der Waals surface area (Å²) in [5.74, 6) is 0.707. The first kappa shape index (κ1) is 18.8. The molecule has 0 unspecified atom stereocenters. The summed E-state index contributed by atoms with van der Waals surface area (Å²) in [7, 11) is 0. The van der Waals surface area contributed by atoms with E-state index in [4.69, 9.17) is 4.74 Å². The van der Waals surface area contributed by atoms with Crippen LogP contribution in [0.25, 0.3) is 0 Å². The minimum absolute atomic E-state index is 0.131. The Morgan fingerprint density at radius 3 is 2.00 bits per heavy atom. The number of hydrogen-bond donors (Lipinski definition) is 2. The van der Waals surface area contributed by atoms with Gasteiger partial charge in [-0.05, 0) is 56.0 Å². The van der Waals surface area contributed by atoms with Gasteiger partial charge in [0.2, 0.25) is 0 Å². The van der Waals surface area contributed by atoms with E-state index in [-0.39, 0.29) is 5.41 Å². The summed E-state index contributed by atoms with van der Waals surface area (Å²) < 4.78 is 5.21. The van der Waals surface area contributed by atoms with Crippen molar-refractivity contribution in [3.8, 4) is 0 Å². The molecule has 1 amide bonds. The fourth-order valence-electron chi connectivity index (χ4n) is 2.16.